The van der Waals surface area contributed by atoms with E-state index >= 15 is 0 Å². The second-order valence-corrected chi connectivity index (χ2v) is 5.85. The molecule has 1 fully saturated rings. The fraction of sp³-hybridized carbons (Fsp3) is 0.471. The highest BCUT2D eigenvalue weighted by Gasteiger charge is 2.39. The Morgan fingerprint density at radius 1 is 1.45 bits per heavy atom. The van der Waals surface area contributed by atoms with Gasteiger partial charge in [0.2, 0.25) is 5.78 Å². The summed E-state index contributed by atoms with van der Waals surface area (Å²) in [5, 5.41) is 4.38. The van der Waals surface area contributed by atoms with E-state index in [9.17, 15) is 4.79 Å². The first kappa shape index (κ1) is 13.4. The number of carbonyl (C=O) groups excluding carboxylic acids is 1. The molecule has 0 bridgehead atoms. The number of carbonyl (C=O) groups is 1. The Labute approximate surface area is 119 Å². The molecule has 0 saturated carbocycles. The standard InChI is InChI=1S/C17H21NO2/c1-3-17(8-5-9-18-11-17)16(19)14-10-13-7-4-6-12(2)15(13)20-14/h4,6-7,10,18H,3,5,8-9,11H2,1-2H3. The van der Waals surface area contributed by atoms with Crippen molar-refractivity contribution in [3.05, 3.63) is 35.6 Å². The van der Waals surface area contributed by atoms with Crippen LogP contribution in [0.4, 0.5) is 0 Å². The van der Waals surface area contributed by atoms with E-state index in [0.29, 0.717) is 5.76 Å². The van der Waals surface area contributed by atoms with Crippen molar-refractivity contribution in [1.29, 1.82) is 0 Å². The lowest BCUT2D eigenvalue weighted by molar-refractivity contribution is 0.0701. The number of ketones is 1. The number of aryl methyl sites for hydroxylation is 1. The molecule has 0 aliphatic carbocycles. The maximum absolute atomic E-state index is 12.9. The Morgan fingerprint density at radius 3 is 2.95 bits per heavy atom. The monoisotopic (exact) mass is 271 g/mol. The van der Waals surface area contributed by atoms with Gasteiger partial charge in [-0.25, -0.2) is 0 Å². The largest absolute Gasteiger partial charge is 0.453 e. The van der Waals surface area contributed by atoms with Gasteiger partial charge in [0.15, 0.2) is 5.76 Å². The summed E-state index contributed by atoms with van der Waals surface area (Å²) in [7, 11) is 0. The number of rotatable bonds is 3. The lowest BCUT2D eigenvalue weighted by Gasteiger charge is -2.34. The molecule has 3 rings (SSSR count). The summed E-state index contributed by atoms with van der Waals surface area (Å²) < 4.78 is 5.86. The average Bonchev–Trinajstić information content (AvgIpc) is 2.92. The molecular weight excluding hydrogens is 250 g/mol. The lowest BCUT2D eigenvalue weighted by atomic mass is 9.74. The number of piperidine rings is 1. The molecule has 1 aromatic carbocycles. The van der Waals surface area contributed by atoms with E-state index in [1.165, 1.54) is 0 Å². The fourth-order valence-electron chi connectivity index (χ4n) is 3.21. The molecule has 0 radical (unpaired) electrons. The van der Waals surface area contributed by atoms with Crippen LogP contribution in [0.2, 0.25) is 0 Å². The summed E-state index contributed by atoms with van der Waals surface area (Å²) in [6.07, 6.45) is 2.86. The van der Waals surface area contributed by atoms with Crippen molar-refractivity contribution < 1.29 is 9.21 Å². The van der Waals surface area contributed by atoms with Crippen LogP contribution in [0.25, 0.3) is 11.0 Å². The van der Waals surface area contributed by atoms with E-state index in [2.05, 4.69) is 12.2 Å². The molecule has 2 aromatic rings. The van der Waals surface area contributed by atoms with Crippen molar-refractivity contribution in [2.45, 2.75) is 33.1 Å². The summed E-state index contributed by atoms with van der Waals surface area (Å²) in [5.41, 5.74) is 1.62. The molecule has 0 spiro atoms. The number of hydrogen-bond acceptors (Lipinski definition) is 3. The smallest absolute Gasteiger partial charge is 0.205 e. The molecule has 1 aromatic heterocycles. The van der Waals surface area contributed by atoms with E-state index in [1.807, 2.05) is 31.2 Å². The highest BCUT2D eigenvalue weighted by atomic mass is 16.3. The average molecular weight is 271 g/mol. The van der Waals surface area contributed by atoms with Gasteiger partial charge in [0.1, 0.15) is 5.58 Å². The van der Waals surface area contributed by atoms with Crippen LogP contribution in [-0.2, 0) is 0 Å². The van der Waals surface area contributed by atoms with E-state index < -0.39 is 0 Å². The maximum Gasteiger partial charge on any atom is 0.205 e. The van der Waals surface area contributed by atoms with Gasteiger partial charge in [-0.2, -0.15) is 0 Å². The van der Waals surface area contributed by atoms with Crippen molar-refractivity contribution in [3.8, 4) is 0 Å². The highest BCUT2D eigenvalue weighted by Crippen LogP contribution is 2.35. The van der Waals surface area contributed by atoms with Gasteiger partial charge in [0.05, 0.1) is 0 Å². The zero-order valence-electron chi connectivity index (χ0n) is 12.2. The minimum atomic E-state index is -0.292. The van der Waals surface area contributed by atoms with Crippen molar-refractivity contribution >= 4 is 16.8 Å². The summed E-state index contributed by atoms with van der Waals surface area (Å²) in [6.45, 7) is 5.88. The van der Waals surface area contributed by atoms with E-state index in [4.69, 9.17) is 4.42 Å². The fourth-order valence-corrected chi connectivity index (χ4v) is 3.21. The molecule has 1 aliphatic heterocycles. The molecule has 1 aliphatic rings. The Balaban J connectivity index is 2.01. The van der Waals surface area contributed by atoms with Crippen molar-refractivity contribution in [3.63, 3.8) is 0 Å². The van der Waals surface area contributed by atoms with Crippen LogP contribution in [0.3, 0.4) is 0 Å². The quantitative estimate of drug-likeness (QED) is 0.865. The van der Waals surface area contributed by atoms with Gasteiger partial charge in [0, 0.05) is 17.3 Å². The highest BCUT2D eigenvalue weighted by molar-refractivity contribution is 6.01. The topological polar surface area (TPSA) is 42.2 Å². The molecule has 1 atom stereocenters. The zero-order valence-corrected chi connectivity index (χ0v) is 12.2. The van der Waals surface area contributed by atoms with Gasteiger partial charge in [-0.1, -0.05) is 25.1 Å². The van der Waals surface area contributed by atoms with Crippen LogP contribution in [0, 0.1) is 12.3 Å². The Hall–Kier alpha value is -1.61. The van der Waals surface area contributed by atoms with Gasteiger partial charge in [-0.3, -0.25) is 4.79 Å². The molecule has 106 valence electrons. The molecule has 3 heteroatoms. The molecule has 1 N–H and O–H groups in total. The Kier molecular flexibility index (Phi) is 3.38. The van der Waals surface area contributed by atoms with Crippen molar-refractivity contribution in [2.24, 2.45) is 5.41 Å². The van der Waals surface area contributed by atoms with Gasteiger partial charge in [0.25, 0.3) is 0 Å². The van der Waals surface area contributed by atoms with E-state index in [0.717, 1.165) is 48.9 Å². The number of Topliss-reactive ketones (excluding diaryl/α,β-unsaturated/α-hetero) is 1. The molecule has 20 heavy (non-hydrogen) atoms. The minimum Gasteiger partial charge on any atom is -0.453 e. The molecule has 2 heterocycles. The first-order valence-electron chi connectivity index (χ1n) is 7.41. The van der Waals surface area contributed by atoms with E-state index in [-0.39, 0.29) is 11.2 Å². The SMILES string of the molecule is CCC1(C(=O)c2cc3cccc(C)c3o2)CCCNC1. The third-order valence-electron chi connectivity index (χ3n) is 4.60. The van der Waals surface area contributed by atoms with Crippen LogP contribution in [0.5, 0.6) is 0 Å². The number of hydrogen-bond donors (Lipinski definition) is 1. The molecular formula is C17H21NO2. The van der Waals surface area contributed by atoms with Crippen molar-refractivity contribution in [2.75, 3.05) is 13.1 Å². The number of nitrogens with one attached hydrogen (secondary N) is 1. The second kappa shape index (κ2) is 5.06. The zero-order chi connectivity index (χ0) is 14.2. The lowest BCUT2D eigenvalue weighted by Crippen LogP contribution is -2.45. The molecule has 1 unspecified atom stereocenters. The second-order valence-electron chi connectivity index (χ2n) is 5.85. The van der Waals surface area contributed by atoms with Gasteiger partial charge in [-0.05, 0) is 44.4 Å². The summed E-state index contributed by atoms with van der Waals surface area (Å²) in [5.74, 6) is 0.669. The molecule has 3 nitrogen and oxygen atoms in total. The third kappa shape index (κ3) is 2.06. The normalized spacial score (nSPS) is 23.1. The Bertz CT molecular complexity index is 635. The predicted octanol–water partition coefficient (Wildman–Crippen LogP) is 3.70. The minimum absolute atomic E-state index is 0.155. The summed E-state index contributed by atoms with van der Waals surface area (Å²) in [4.78, 5) is 12.9. The summed E-state index contributed by atoms with van der Waals surface area (Å²) >= 11 is 0. The third-order valence-corrected chi connectivity index (χ3v) is 4.60. The predicted molar refractivity (Wildman–Crippen MR) is 80.1 cm³/mol. The van der Waals surface area contributed by atoms with Crippen LogP contribution >= 0.6 is 0 Å². The first-order chi connectivity index (χ1) is 9.66. The number of fused-ring (bicyclic) bond motifs is 1. The van der Waals surface area contributed by atoms with Gasteiger partial charge in [-0.15, -0.1) is 0 Å². The van der Waals surface area contributed by atoms with Crippen LogP contribution in [0.1, 0.15) is 42.3 Å². The van der Waals surface area contributed by atoms with Crippen LogP contribution in [0.15, 0.2) is 28.7 Å². The number of para-hydroxylation sites is 1. The van der Waals surface area contributed by atoms with Gasteiger partial charge >= 0.3 is 0 Å². The Morgan fingerprint density at radius 2 is 2.30 bits per heavy atom. The maximum atomic E-state index is 12.9. The first-order valence-corrected chi connectivity index (χ1v) is 7.41. The molecule has 0 amide bonds. The number of benzene rings is 1. The molecule has 1 saturated heterocycles. The number of furan rings is 1. The van der Waals surface area contributed by atoms with Gasteiger partial charge < -0.3 is 9.73 Å². The van der Waals surface area contributed by atoms with Crippen molar-refractivity contribution in [1.82, 2.24) is 5.32 Å². The van der Waals surface area contributed by atoms with Crippen LogP contribution < -0.4 is 5.32 Å². The van der Waals surface area contributed by atoms with Crippen LogP contribution in [-0.4, -0.2) is 18.9 Å². The summed E-state index contributed by atoms with van der Waals surface area (Å²) in [6, 6.07) is 7.91. The van der Waals surface area contributed by atoms with E-state index in [1.54, 1.807) is 0 Å².